The Morgan fingerprint density at radius 3 is 2.80 bits per heavy atom. The van der Waals surface area contributed by atoms with Crippen molar-refractivity contribution in [1.82, 2.24) is 20.0 Å². The Bertz CT molecular complexity index is 702. The van der Waals surface area contributed by atoms with Crippen molar-refractivity contribution < 1.29 is 0 Å². The van der Waals surface area contributed by atoms with Crippen molar-refractivity contribution in [2.45, 2.75) is 25.8 Å². The van der Waals surface area contributed by atoms with Crippen LogP contribution in [0.5, 0.6) is 0 Å². The largest absolute Gasteiger partial charge is 0.327 e. The minimum absolute atomic E-state index is 0.190. The Morgan fingerprint density at radius 1 is 1.20 bits per heavy atom. The summed E-state index contributed by atoms with van der Waals surface area (Å²) in [5.41, 5.74) is 8.93. The Kier molecular flexibility index (Phi) is 3.43. The highest BCUT2D eigenvalue weighted by Crippen LogP contribution is 2.14. The average Bonchev–Trinajstić information content (AvgIpc) is 2.92. The van der Waals surface area contributed by atoms with Crippen LogP contribution in [-0.2, 0) is 6.42 Å². The number of nitrogens with zero attached hydrogens (tertiary/aromatic N) is 4. The van der Waals surface area contributed by atoms with Gasteiger partial charge in [-0.25, -0.2) is 4.98 Å². The third-order valence-electron chi connectivity index (χ3n) is 3.40. The highest BCUT2D eigenvalue weighted by molar-refractivity contribution is 5.75. The lowest BCUT2D eigenvalue weighted by molar-refractivity contribution is 0.644. The lowest BCUT2D eigenvalue weighted by Crippen LogP contribution is -2.21. The molecule has 2 heterocycles. The summed E-state index contributed by atoms with van der Waals surface area (Å²) in [5.74, 6) is 0.771. The number of para-hydroxylation sites is 1. The first-order valence-electron chi connectivity index (χ1n) is 6.79. The summed E-state index contributed by atoms with van der Waals surface area (Å²) in [6.07, 6.45) is 3.68. The second-order valence-electron chi connectivity index (χ2n) is 4.89. The van der Waals surface area contributed by atoms with E-state index >= 15 is 0 Å². The van der Waals surface area contributed by atoms with E-state index in [0.29, 0.717) is 0 Å². The molecule has 1 atom stereocenters. The van der Waals surface area contributed by atoms with Crippen LogP contribution in [0.15, 0.2) is 42.6 Å². The van der Waals surface area contributed by atoms with Gasteiger partial charge in [0.05, 0.1) is 5.52 Å². The van der Waals surface area contributed by atoms with Gasteiger partial charge in [-0.05, 0) is 36.6 Å². The number of hydrogen-bond acceptors (Lipinski definition) is 4. The first kappa shape index (κ1) is 12.7. The number of rotatable bonds is 4. The maximum Gasteiger partial charge on any atom is 0.155 e. The van der Waals surface area contributed by atoms with Gasteiger partial charge in [0.1, 0.15) is 5.52 Å². The summed E-state index contributed by atoms with van der Waals surface area (Å²) >= 11 is 0. The zero-order valence-corrected chi connectivity index (χ0v) is 11.4. The Balaban J connectivity index is 1.91. The first-order chi connectivity index (χ1) is 9.78. The maximum absolute atomic E-state index is 5.96. The molecule has 20 heavy (non-hydrogen) atoms. The minimum Gasteiger partial charge on any atom is -0.327 e. The lowest BCUT2D eigenvalue weighted by atomic mass is 10.1. The molecule has 3 aromatic rings. The second kappa shape index (κ2) is 5.38. The molecule has 0 spiro atoms. The molecule has 0 radical (unpaired) electrons. The summed E-state index contributed by atoms with van der Waals surface area (Å²) < 4.78 is 1.75. The molecule has 0 amide bonds. The van der Waals surface area contributed by atoms with Gasteiger partial charge in [0.2, 0.25) is 0 Å². The zero-order valence-electron chi connectivity index (χ0n) is 11.4. The van der Waals surface area contributed by atoms with E-state index in [-0.39, 0.29) is 6.04 Å². The van der Waals surface area contributed by atoms with E-state index in [1.165, 1.54) is 0 Å². The number of hydrogen-bond donors (Lipinski definition) is 1. The van der Waals surface area contributed by atoms with E-state index in [1.807, 2.05) is 42.6 Å². The summed E-state index contributed by atoms with van der Waals surface area (Å²) in [5, 5.41) is 8.28. The molecule has 3 rings (SSSR count). The highest BCUT2D eigenvalue weighted by atomic mass is 15.4. The van der Waals surface area contributed by atoms with Gasteiger partial charge in [0.25, 0.3) is 0 Å². The summed E-state index contributed by atoms with van der Waals surface area (Å²) in [6.45, 7) is 2.09. The fourth-order valence-electron chi connectivity index (χ4n) is 2.15. The molecule has 0 bridgehead atoms. The number of fused-ring (bicyclic) bond motifs is 1. The molecule has 0 fully saturated rings. The van der Waals surface area contributed by atoms with Gasteiger partial charge >= 0.3 is 0 Å². The van der Waals surface area contributed by atoms with Crippen molar-refractivity contribution in [3.63, 3.8) is 0 Å². The van der Waals surface area contributed by atoms with Gasteiger partial charge in [-0.2, -0.15) is 4.68 Å². The standard InChI is InChI=1S/C15H17N5/c1-2-12(16)9-11-7-8-15(17-10-11)20-14-6-4-3-5-13(14)18-19-20/h3-8,10,12H,2,9,16H2,1H3. The summed E-state index contributed by atoms with van der Waals surface area (Å²) in [4.78, 5) is 4.46. The van der Waals surface area contributed by atoms with Crippen LogP contribution in [0.1, 0.15) is 18.9 Å². The number of nitrogens with two attached hydrogens (primary N) is 1. The summed E-state index contributed by atoms with van der Waals surface area (Å²) in [6, 6.07) is 12.0. The monoisotopic (exact) mass is 267 g/mol. The van der Waals surface area contributed by atoms with Crippen molar-refractivity contribution in [3.05, 3.63) is 48.2 Å². The average molecular weight is 267 g/mol. The van der Waals surface area contributed by atoms with Gasteiger partial charge in [-0.3, -0.25) is 0 Å². The van der Waals surface area contributed by atoms with Crippen LogP contribution in [0.25, 0.3) is 16.9 Å². The van der Waals surface area contributed by atoms with Crippen molar-refractivity contribution in [2.24, 2.45) is 5.73 Å². The Morgan fingerprint density at radius 2 is 2.05 bits per heavy atom. The molecule has 0 saturated carbocycles. The predicted molar refractivity (Wildman–Crippen MR) is 78.6 cm³/mol. The molecule has 102 valence electrons. The van der Waals surface area contributed by atoms with Gasteiger partial charge in [-0.15, -0.1) is 5.10 Å². The molecule has 0 aliphatic carbocycles. The molecular formula is C15H17N5. The molecular weight excluding hydrogens is 250 g/mol. The smallest absolute Gasteiger partial charge is 0.155 e. The van der Waals surface area contributed by atoms with Crippen LogP contribution in [0.2, 0.25) is 0 Å². The fourth-order valence-corrected chi connectivity index (χ4v) is 2.15. The molecule has 0 aliphatic heterocycles. The summed E-state index contributed by atoms with van der Waals surface area (Å²) in [7, 11) is 0. The molecule has 0 aliphatic rings. The van der Waals surface area contributed by atoms with E-state index in [4.69, 9.17) is 5.73 Å². The number of aromatic nitrogens is 4. The van der Waals surface area contributed by atoms with E-state index < -0.39 is 0 Å². The van der Waals surface area contributed by atoms with Crippen molar-refractivity contribution in [1.29, 1.82) is 0 Å². The SMILES string of the molecule is CCC(N)Cc1ccc(-n2nnc3ccccc32)nc1. The van der Waals surface area contributed by atoms with E-state index in [0.717, 1.165) is 35.3 Å². The van der Waals surface area contributed by atoms with Gasteiger partial charge in [0, 0.05) is 12.2 Å². The third kappa shape index (κ3) is 2.40. The fraction of sp³-hybridized carbons (Fsp3) is 0.267. The van der Waals surface area contributed by atoms with Crippen molar-refractivity contribution >= 4 is 11.0 Å². The topological polar surface area (TPSA) is 69.6 Å². The number of pyridine rings is 1. The van der Waals surface area contributed by atoms with Gasteiger partial charge < -0.3 is 5.73 Å². The van der Waals surface area contributed by atoms with Gasteiger partial charge in [-0.1, -0.05) is 30.3 Å². The quantitative estimate of drug-likeness (QED) is 0.786. The zero-order chi connectivity index (χ0) is 13.9. The van der Waals surface area contributed by atoms with E-state index in [1.54, 1.807) is 4.68 Å². The number of benzene rings is 1. The van der Waals surface area contributed by atoms with Crippen LogP contribution in [0.3, 0.4) is 0 Å². The third-order valence-corrected chi connectivity index (χ3v) is 3.40. The molecule has 1 aromatic carbocycles. The Labute approximate surface area is 117 Å². The van der Waals surface area contributed by atoms with Crippen molar-refractivity contribution in [2.75, 3.05) is 0 Å². The van der Waals surface area contributed by atoms with Crippen LogP contribution in [-0.4, -0.2) is 26.0 Å². The van der Waals surface area contributed by atoms with Crippen LogP contribution < -0.4 is 5.73 Å². The molecule has 2 N–H and O–H groups in total. The molecule has 5 nitrogen and oxygen atoms in total. The first-order valence-corrected chi connectivity index (χ1v) is 6.79. The second-order valence-corrected chi connectivity index (χ2v) is 4.89. The maximum atomic E-state index is 5.96. The van der Waals surface area contributed by atoms with Gasteiger partial charge in [0.15, 0.2) is 5.82 Å². The predicted octanol–water partition coefficient (Wildman–Crippen LogP) is 2.10. The highest BCUT2D eigenvalue weighted by Gasteiger charge is 2.07. The van der Waals surface area contributed by atoms with E-state index in [2.05, 4.69) is 22.2 Å². The normalized spacial score (nSPS) is 12.7. The van der Waals surface area contributed by atoms with Crippen LogP contribution in [0.4, 0.5) is 0 Å². The molecule has 0 saturated heterocycles. The Hall–Kier alpha value is -2.27. The van der Waals surface area contributed by atoms with E-state index in [9.17, 15) is 0 Å². The van der Waals surface area contributed by atoms with Crippen molar-refractivity contribution in [3.8, 4) is 5.82 Å². The molecule has 2 aromatic heterocycles. The molecule has 1 unspecified atom stereocenters. The lowest BCUT2D eigenvalue weighted by Gasteiger charge is -2.08. The van der Waals surface area contributed by atoms with Crippen LogP contribution >= 0.6 is 0 Å². The molecule has 5 heteroatoms. The minimum atomic E-state index is 0.190. The van der Waals surface area contributed by atoms with Crippen LogP contribution in [0, 0.1) is 0 Å².